The van der Waals surface area contributed by atoms with Crippen LogP contribution in [0.1, 0.15) is 100 Å². The molecule has 7 unspecified atom stereocenters. The van der Waals surface area contributed by atoms with Crippen LogP contribution in [-0.4, -0.2) is 101 Å². The number of likely N-dealkylation sites (N-methyl/N-ethyl adjacent to an activating group) is 1. The van der Waals surface area contributed by atoms with Crippen molar-refractivity contribution in [2.24, 2.45) is 17.8 Å². The molecule has 0 spiro atoms. The van der Waals surface area contributed by atoms with Gasteiger partial charge in [-0.2, -0.15) is 0 Å². The number of nitrogens with zero attached hydrogens (tertiary/aromatic N) is 3. The molecule has 1 aromatic heterocycles. The van der Waals surface area contributed by atoms with Crippen LogP contribution in [0.5, 0.6) is 0 Å². The second-order valence-electron chi connectivity index (χ2n) is 14.8. The summed E-state index contributed by atoms with van der Waals surface area (Å²) in [5, 5.41) is 23.9. The molecule has 0 saturated carbocycles. The number of rotatable bonds is 18. The van der Waals surface area contributed by atoms with Crippen molar-refractivity contribution >= 4 is 41.1 Å². The summed E-state index contributed by atoms with van der Waals surface area (Å²) < 4.78 is 0. The van der Waals surface area contributed by atoms with Crippen LogP contribution in [0.4, 0.5) is 4.79 Å². The van der Waals surface area contributed by atoms with Gasteiger partial charge in [-0.05, 0) is 63.1 Å². The number of carboxylic acids is 1. The number of thiazole rings is 1. The van der Waals surface area contributed by atoms with Crippen molar-refractivity contribution in [2.45, 2.75) is 110 Å². The quantitative estimate of drug-likeness (QED) is 0.149. The molecule has 52 heavy (non-hydrogen) atoms. The summed E-state index contributed by atoms with van der Waals surface area (Å²) in [6, 6.07) is 6.69. The molecule has 2 aromatic rings. The Labute approximate surface area is 312 Å². The fourth-order valence-electron chi connectivity index (χ4n) is 6.31. The van der Waals surface area contributed by atoms with Crippen molar-refractivity contribution in [1.29, 1.82) is 0 Å². The number of hydrogen-bond acceptors (Lipinski definition) is 8. The highest BCUT2D eigenvalue weighted by molar-refractivity contribution is 7.09. The molecule has 7 atom stereocenters. The lowest BCUT2D eigenvalue weighted by Crippen LogP contribution is -2.57. The van der Waals surface area contributed by atoms with Gasteiger partial charge in [-0.15, -0.1) is 11.3 Å². The smallest absolute Gasteiger partial charge is 0.317 e. The molecule has 1 fully saturated rings. The minimum Gasteiger partial charge on any atom is -0.481 e. The second-order valence-corrected chi connectivity index (χ2v) is 15.7. The summed E-state index contributed by atoms with van der Waals surface area (Å²) in [6.45, 7) is 10.4. The molecule has 5 amide bonds. The first-order valence-corrected chi connectivity index (χ1v) is 19.3. The van der Waals surface area contributed by atoms with Crippen LogP contribution in [-0.2, 0) is 20.8 Å². The summed E-state index contributed by atoms with van der Waals surface area (Å²) in [5.74, 6) is -2.63. The number of aliphatic carboxylic acids is 1. The van der Waals surface area contributed by atoms with Gasteiger partial charge >= 0.3 is 12.0 Å². The standard InChI is InChI=1S/C38H59N7O6S/c1-9-24(4)32(43-34(47)31-17-13-14-18-45(31)8)35(48)40-28(23(2)3)21-29(42-38(51)44(6)7)36-41-30(22-52-36)33(46)39-27(19-25(5)37(49)50)20-26-15-11-10-12-16-26/h10-12,15-16,22-25,27-29,31-32H,9,13-14,17-21H2,1-8H3,(H,39,46)(H,40,48)(H,42,51)(H,43,47)(H,49,50). The fourth-order valence-corrected chi connectivity index (χ4v) is 7.17. The number of urea groups is 1. The molecule has 13 nitrogen and oxygen atoms in total. The second kappa shape index (κ2) is 20.3. The van der Waals surface area contributed by atoms with Crippen molar-refractivity contribution in [2.75, 3.05) is 27.7 Å². The zero-order valence-electron chi connectivity index (χ0n) is 32.0. The number of carbonyl (C=O) groups is 5. The zero-order valence-corrected chi connectivity index (χ0v) is 32.8. The number of nitrogens with one attached hydrogen (secondary N) is 4. The highest BCUT2D eigenvalue weighted by Crippen LogP contribution is 2.26. The van der Waals surface area contributed by atoms with Crippen LogP contribution in [0.15, 0.2) is 35.7 Å². The van der Waals surface area contributed by atoms with Crippen LogP contribution in [0.2, 0.25) is 0 Å². The molecule has 3 rings (SSSR count). The molecule has 0 bridgehead atoms. The molecular formula is C38H59N7O6S. The molecule has 288 valence electrons. The number of carbonyl (C=O) groups excluding carboxylic acids is 4. The van der Waals surface area contributed by atoms with E-state index >= 15 is 0 Å². The topological polar surface area (TPSA) is 173 Å². The van der Waals surface area contributed by atoms with E-state index in [1.54, 1.807) is 26.4 Å². The molecular weight excluding hydrogens is 683 g/mol. The summed E-state index contributed by atoms with van der Waals surface area (Å²) in [7, 11) is 5.20. The number of benzene rings is 1. The molecule has 1 aliphatic heterocycles. The first-order chi connectivity index (χ1) is 24.6. The van der Waals surface area contributed by atoms with Gasteiger partial charge in [-0.3, -0.25) is 24.1 Å². The van der Waals surface area contributed by atoms with Gasteiger partial charge in [-0.25, -0.2) is 9.78 Å². The number of piperidine rings is 1. The zero-order chi connectivity index (χ0) is 38.5. The van der Waals surface area contributed by atoms with E-state index < -0.39 is 42.0 Å². The Kier molecular flexibility index (Phi) is 16.5. The summed E-state index contributed by atoms with van der Waals surface area (Å²) in [6.07, 6.45) is 4.43. The molecule has 5 N–H and O–H groups in total. The van der Waals surface area contributed by atoms with Gasteiger partial charge < -0.3 is 31.3 Å². The average molecular weight is 742 g/mol. The van der Waals surface area contributed by atoms with Crippen LogP contribution < -0.4 is 21.3 Å². The van der Waals surface area contributed by atoms with Crippen molar-refractivity contribution < 1.29 is 29.1 Å². The number of hydrogen-bond donors (Lipinski definition) is 5. The highest BCUT2D eigenvalue weighted by atomic mass is 32.1. The third kappa shape index (κ3) is 12.6. The minimum atomic E-state index is -0.941. The van der Waals surface area contributed by atoms with E-state index in [0.717, 1.165) is 31.4 Å². The van der Waals surface area contributed by atoms with Gasteiger partial charge in [-0.1, -0.05) is 77.8 Å². The molecule has 2 heterocycles. The first kappa shape index (κ1) is 42.4. The van der Waals surface area contributed by atoms with Gasteiger partial charge in [0, 0.05) is 31.6 Å². The van der Waals surface area contributed by atoms with Crippen molar-refractivity contribution in [3.8, 4) is 0 Å². The van der Waals surface area contributed by atoms with Crippen molar-refractivity contribution in [3.05, 3.63) is 52.0 Å². The van der Waals surface area contributed by atoms with E-state index in [-0.39, 0.29) is 54.3 Å². The van der Waals surface area contributed by atoms with Gasteiger partial charge in [0.15, 0.2) is 0 Å². The van der Waals surface area contributed by atoms with Gasteiger partial charge in [0.05, 0.1) is 18.0 Å². The Morgan fingerprint density at radius 1 is 0.981 bits per heavy atom. The number of aromatic nitrogens is 1. The number of likely N-dealkylation sites (tertiary alicyclic amines) is 1. The Morgan fingerprint density at radius 2 is 1.67 bits per heavy atom. The van der Waals surface area contributed by atoms with E-state index in [9.17, 15) is 29.1 Å². The molecule has 0 aliphatic carbocycles. The van der Waals surface area contributed by atoms with Gasteiger partial charge in [0.2, 0.25) is 11.8 Å². The number of amides is 5. The summed E-state index contributed by atoms with van der Waals surface area (Å²) >= 11 is 1.23. The molecule has 1 aliphatic rings. The lowest BCUT2D eigenvalue weighted by Gasteiger charge is -2.34. The van der Waals surface area contributed by atoms with E-state index in [1.165, 1.54) is 16.2 Å². The van der Waals surface area contributed by atoms with E-state index in [4.69, 9.17) is 0 Å². The van der Waals surface area contributed by atoms with Crippen molar-refractivity contribution in [1.82, 2.24) is 36.1 Å². The molecule has 14 heteroatoms. The maximum Gasteiger partial charge on any atom is 0.317 e. The van der Waals surface area contributed by atoms with Crippen LogP contribution in [0, 0.1) is 17.8 Å². The first-order valence-electron chi connectivity index (χ1n) is 18.4. The van der Waals surface area contributed by atoms with Gasteiger partial charge in [0.1, 0.15) is 16.7 Å². The SMILES string of the molecule is CCC(C)C(NC(=O)C1CCCCN1C)C(=O)NC(CC(NC(=O)N(C)C)c1nc(C(=O)NC(Cc2ccccc2)CC(C)C(=O)O)cs1)C(C)C. The molecule has 1 aromatic carbocycles. The van der Waals surface area contributed by atoms with Crippen molar-refractivity contribution in [3.63, 3.8) is 0 Å². The van der Waals surface area contributed by atoms with Crippen LogP contribution in [0.25, 0.3) is 0 Å². The third-order valence-corrected chi connectivity index (χ3v) is 10.9. The number of carboxylic acid groups (broad SMARTS) is 1. The molecule has 1 saturated heterocycles. The summed E-state index contributed by atoms with van der Waals surface area (Å²) in [5.41, 5.74) is 1.12. The van der Waals surface area contributed by atoms with Crippen LogP contribution >= 0.6 is 11.3 Å². The average Bonchev–Trinajstić information content (AvgIpc) is 3.60. The van der Waals surface area contributed by atoms with E-state index in [0.29, 0.717) is 17.8 Å². The largest absolute Gasteiger partial charge is 0.481 e. The van der Waals surface area contributed by atoms with Gasteiger partial charge in [0.25, 0.3) is 5.91 Å². The highest BCUT2D eigenvalue weighted by Gasteiger charge is 2.34. The normalized spacial score (nSPS) is 18.3. The Hall–Kier alpha value is -4.04. The van der Waals surface area contributed by atoms with E-state index in [1.807, 2.05) is 70.0 Å². The third-order valence-electron chi connectivity index (χ3n) is 9.96. The minimum absolute atomic E-state index is 0.0434. The van der Waals surface area contributed by atoms with Crippen LogP contribution in [0.3, 0.4) is 0 Å². The maximum absolute atomic E-state index is 13.9. The maximum atomic E-state index is 13.9. The Balaban J connectivity index is 1.82. The summed E-state index contributed by atoms with van der Waals surface area (Å²) in [4.78, 5) is 73.5. The predicted octanol–water partition coefficient (Wildman–Crippen LogP) is 4.45. The van der Waals surface area contributed by atoms with E-state index in [2.05, 4.69) is 26.3 Å². The monoisotopic (exact) mass is 741 g/mol. The Morgan fingerprint density at radius 3 is 2.27 bits per heavy atom. The lowest BCUT2D eigenvalue weighted by molar-refractivity contribution is -0.141. The molecule has 0 radical (unpaired) electrons. The fraction of sp³-hybridized carbons (Fsp3) is 0.632. The predicted molar refractivity (Wildman–Crippen MR) is 203 cm³/mol. The lowest BCUT2D eigenvalue weighted by atomic mass is 9.93. The Bertz CT molecular complexity index is 1490.